The molecule has 1 aromatic rings. The molecule has 21 heavy (non-hydrogen) atoms. The molecule has 0 radical (unpaired) electrons. The fourth-order valence-corrected chi connectivity index (χ4v) is 3.78. The van der Waals surface area contributed by atoms with Gasteiger partial charge in [0.15, 0.2) is 6.61 Å². The number of para-hydroxylation sites is 1. The minimum Gasteiger partial charge on any atom is -0.484 e. The summed E-state index contributed by atoms with van der Waals surface area (Å²) in [5, 5.41) is 9.16. The third kappa shape index (κ3) is 3.69. The second kappa shape index (κ2) is 6.85. The maximum Gasteiger partial charge on any atom is 0.327 e. The highest BCUT2D eigenvalue weighted by molar-refractivity contribution is 8.00. The van der Waals surface area contributed by atoms with Gasteiger partial charge in [0.05, 0.1) is 5.37 Å². The van der Waals surface area contributed by atoms with Crippen LogP contribution in [0.2, 0.25) is 0 Å². The van der Waals surface area contributed by atoms with Gasteiger partial charge < -0.3 is 14.7 Å². The van der Waals surface area contributed by atoms with Crippen molar-refractivity contribution in [1.82, 2.24) is 4.90 Å². The number of thioether (sulfide) groups is 1. The molecule has 0 spiro atoms. The predicted molar refractivity (Wildman–Crippen MR) is 81.3 cm³/mol. The first-order valence-electron chi connectivity index (χ1n) is 6.84. The molecule has 1 aromatic carbocycles. The first-order chi connectivity index (χ1) is 10.0. The molecule has 1 aliphatic heterocycles. The van der Waals surface area contributed by atoms with E-state index in [-0.39, 0.29) is 23.8 Å². The number of ether oxygens (including phenoxy) is 1. The number of amides is 1. The highest BCUT2D eigenvalue weighted by atomic mass is 32.2. The summed E-state index contributed by atoms with van der Waals surface area (Å²) in [6.45, 7) is 3.83. The van der Waals surface area contributed by atoms with Crippen LogP contribution in [0.4, 0.5) is 0 Å². The van der Waals surface area contributed by atoms with Crippen molar-refractivity contribution in [2.24, 2.45) is 5.92 Å². The molecule has 114 valence electrons. The van der Waals surface area contributed by atoms with Gasteiger partial charge in [-0.1, -0.05) is 32.0 Å². The van der Waals surface area contributed by atoms with E-state index in [1.54, 1.807) is 12.1 Å². The number of hydrogen-bond acceptors (Lipinski definition) is 4. The standard InChI is InChI=1S/C15H19NO4S/c1-10(2)14-16(12(9-21-14)15(18)19)13(17)8-20-11-6-4-3-5-7-11/h3-7,10,12,14H,8-9H2,1-2H3,(H,18,19). The van der Waals surface area contributed by atoms with Crippen LogP contribution >= 0.6 is 11.8 Å². The number of carboxylic acids is 1. The Morgan fingerprint density at radius 1 is 1.38 bits per heavy atom. The van der Waals surface area contributed by atoms with E-state index in [4.69, 9.17) is 4.74 Å². The van der Waals surface area contributed by atoms with Crippen molar-refractivity contribution >= 4 is 23.6 Å². The zero-order valence-electron chi connectivity index (χ0n) is 12.1. The molecule has 0 saturated carbocycles. The Labute approximate surface area is 128 Å². The van der Waals surface area contributed by atoms with E-state index in [9.17, 15) is 14.7 Å². The Balaban J connectivity index is 2.05. The average molecular weight is 309 g/mol. The van der Waals surface area contributed by atoms with Gasteiger partial charge in [-0.05, 0) is 18.1 Å². The summed E-state index contributed by atoms with van der Waals surface area (Å²) in [6, 6.07) is 8.27. The summed E-state index contributed by atoms with van der Waals surface area (Å²) in [6.07, 6.45) is 0. The molecule has 1 fully saturated rings. The fraction of sp³-hybridized carbons (Fsp3) is 0.467. The van der Waals surface area contributed by atoms with E-state index in [0.717, 1.165) is 0 Å². The maximum atomic E-state index is 12.4. The van der Waals surface area contributed by atoms with Crippen molar-refractivity contribution in [3.05, 3.63) is 30.3 Å². The van der Waals surface area contributed by atoms with Crippen LogP contribution in [0.1, 0.15) is 13.8 Å². The summed E-state index contributed by atoms with van der Waals surface area (Å²) in [5.74, 6) is -0.0192. The largest absolute Gasteiger partial charge is 0.484 e. The van der Waals surface area contributed by atoms with Crippen LogP contribution < -0.4 is 4.74 Å². The summed E-state index contributed by atoms with van der Waals surface area (Å²) in [5.41, 5.74) is 0. The number of aliphatic carboxylic acids is 1. The van der Waals surface area contributed by atoms with Crippen LogP contribution in [0.3, 0.4) is 0 Å². The van der Waals surface area contributed by atoms with Gasteiger partial charge in [0, 0.05) is 5.75 Å². The summed E-state index contributed by atoms with van der Waals surface area (Å²) in [4.78, 5) is 25.1. The highest BCUT2D eigenvalue weighted by Crippen LogP contribution is 2.34. The molecule has 2 atom stereocenters. The van der Waals surface area contributed by atoms with Crippen molar-refractivity contribution in [1.29, 1.82) is 0 Å². The van der Waals surface area contributed by atoms with Crippen molar-refractivity contribution in [2.45, 2.75) is 25.3 Å². The van der Waals surface area contributed by atoms with Crippen molar-refractivity contribution < 1.29 is 19.4 Å². The van der Waals surface area contributed by atoms with E-state index in [1.807, 2.05) is 32.0 Å². The van der Waals surface area contributed by atoms with Gasteiger partial charge in [-0.2, -0.15) is 0 Å². The fourth-order valence-electron chi connectivity index (χ4n) is 2.28. The number of nitrogens with zero attached hydrogens (tertiary/aromatic N) is 1. The zero-order valence-corrected chi connectivity index (χ0v) is 12.9. The van der Waals surface area contributed by atoms with Gasteiger partial charge in [-0.15, -0.1) is 11.8 Å². The minimum absolute atomic E-state index is 0.113. The first kappa shape index (κ1) is 15.7. The van der Waals surface area contributed by atoms with Crippen LogP contribution in [0.5, 0.6) is 5.75 Å². The van der Waals surface area contributed by atoms with Crippen LogP contribution in [0, 0.1) is 5.92 Å². The lowest BCUT2D eigenvalue weighted by molar-refractivity contribution is -0.150. The number of carbonyl (C=O) groups excluding carboxylic acids is 1. The number of hydrogen-bond donors (Lipinski definition) is 1. The van der Waals surface area contributed by atoms with E-state index >= 15 is 0 Å². The predicted octanol–water partition coefficient (Wildman–Crippen LogP) is 2.08. The number of carboxylic acid groups (broad SMARTS) is 1. The van der Waals surface area contributed by atoms with Crippen LogP contribution in [-0.2, 0) is 9.59 Å². The molecule has 5 nitrogen and oxygen atoms in total. The van der Waals surface area contributed by atoms with Crippen LogP contribution in [0.15, 0.2) is 30.3 Å². The summed E-state index contributed by atoms with van der Waals surface area (Å²) >= 11 is 1.51. The SMILES string of the molecule is CC(C)C1SCC(C(=O)O)N1C(=O)COc1ccccc1. The van der Waals surface area contributed by atoms with Gasteiger partial charge in [-0.25, -0.2) is 4.79 Å². The Kier molecular flexibility index (Phi) is 5.12. The molecule has 2 unspecified atom stereocenters. The molecular formula is C15H19NO4S. The molecule has 6 heteroatoms. The first-order valence-corrected chi connectivity index (χ1v) is 7.89. The Morgan fingerprint density at radius 3 is 2.62 bits per heavy atom. The number of rotatable bonds is 5. The van der Waals surface area contributed by atoms with E-state index < -0.39 is 12.0 Å². The zero-order chi connectivity index (χ0) is 15.4. The third-order valence-electron chi connectivity index (χ3n) is 3.28. The average Bonchev–Trinajstić information content (AvgIpc) is 2.91. The van der Waals surface area contributed by atoms with Crippen molar-refractivity contribution in [3.8, 4) is 5.75 Å². The second-order valence-electron chi connectivity index (χ2n) is 5.22. The van der Waals surface area contributed by atoms with Gasteiger partial charge in [0.25, 0.3) is 5.91 Å². The molecule has 2 rings (SSSR count). The summed E-state index contributed by atoms with van der Waals surface area (Å²) in [7, 11) is 0. The molecule has 0 aromatic heterocycles. The minimum atomic E-state index is -0.960. The molecule has 1 saturated heterocycles. The van der Waals surface area contributed by atoms with Gasteiger partial charge in [0.2, 0.25) is 0 Å². The van der Waals surface area contributed by atoms with Crippen LogP contribution in [-0.4, -0.2) is 45.7 Å². The maximum absolute atomic E-state index is 12.4. The molecular weight excluding hydrogens is 290 g/mol. The summed E-state index contributed by atoms with van der Waals surface area (Å²) < 4.78 is 5.44. The van der Waals surface area contributed by atoms with E-state index in [2.05, 4.69) is 0 Å². The van der Waals surface area contributed by atoms with Crippen molar-refractivity contribution in [3.63, 3.8) is 0 Å². The molecule has 1 N–H and O–H groups in total. The Morgan fingerprint density at radius 2 is 2.05 bits per heavy atom. The molecule has 0 bridgehead atoms. The number of carbonyl (C=O) groups is 2. The van der Waals surface area contributed by atoms with Gasteiger partial charge >= 0.3 is 5.97 Å². The smallest absolute Gasteiger partial charge is 0.327 e. The number of benzene rings is 1. The monoisotopic (exact) mass is 309 g/mol. The van der Waals surface area contributed by atoms with Crippen LogP contribution in [0.25, 0.3) is 0 Å². The lowest BCUT2D eigenvalue weighted by atomic mass is 10.1. The Hall–Kier alpha value is -1.69. The molecule has 1 heterocycles. The third-order valence-corrected chi connectivity index (χ3v) is 4.90. The van der Waals surface area contributed by atoms with Gasteiger partial charge in [0.1, 0.15) is 11.8 Å². The lowest BCUT2D eigenvalue weighted by Gasteiger charge is -2.29. The second-order valence-corrected chi connectivity index (χ2v) is 6.37. The highest BCUT2D eigenvalue weighted by Gasteiger charge is 2.42. The van der Waals surface area contributed by atoms with Crippen molar-refractivity contribution in [2.75, 3.05) is 12.4 Å². The van der Waals surface area contributed by atoms with E-state index in [0.29, 0.717) is 11.5 Å². The Bertz CT molecular complexity index is 506. The topological polar surface area (TPSA) is 66.8 Å². The molecule has 1 amide bonds. The molecule has 0 aliphatic carbocycles. The lowest BCUT2D eigenvalue weighted by Crippen LogP contribution is -2.48. The normalized spacial score (nSPS) is 21.6. The van der Waals surface area contributed by atoms with Gasteiger partial charge in [-0.3, -0.25) is 4.79 Å². The molecule has 1 aliphatic rings. The van der Waals surface area contributed by atoms with E-state index in [1.165, 1.54) is 16.7 Å². The quantitative estimate of drug-likeness (QED) is 0.902.